The van der Waals surface area contributed by atoms with Crippen LogP contribution in [-0.4, -0.2) is 33.8 Å². The van der Waals surface area contributed by atoms with E-state index in [-0.39, 0.29) is 0 Å². The third-order valence-corrected chi connectivity index (χ3v) is 6.79. The van der Waals surface area contributed by atoms with Crippen LogP contribution in [0, 0.1) is 0 Å². The number of piperidine rings is 2. The molecule has 4 heteroatoms. The highest BCUT2D eigenvalue weighted by Crippen LogP contribution is 2.39. The van der Waals surface area contributed by atoms with Gasteiger partial charge in [-0.2, -0.15) is 16.4 Å². The number of hydrogen-bond acceptors (Lipinski definition) is 3. The first kappa shape index (κ1) is 14.7. The van der Waals surface area contributed by atoms with Gasteiger partial charge in [0.25, 0.3) is 0 Å². The number of benzene rings is 1. The summed E-state index contributed by atoms with van der Waals surface area (Å²) >= 11 is 1.75. The number of hydrogen-bond donors (Lipinski definition) is 0. The highest BCUT2D eigenvalue weighted by Gasteiger charge is 2.37. The van der Waals surface area contributed by atoms with Gasteiger partial charge < -0.3 is 4.90 Å². The molecule has 2 saturated heterocycles. The maximum atomic E-state index is 4.79. The zero-order chi connectivity index (χ0) is 16.1. The smallest absolute Gasteiger partial charge is 0.0686 e. The van der Waals surface area contributed by atoms with Crippen LogP contribution in [0.4, 0.5) is 0 Å². The Morgan fingerprint density at radius 3 is 2.62 bits per heavy atom. The van der Waals surface area contributed by atoms with Gasteiger partial charge in [0.05, 0.1) is 17.8 Å². The van der Waals surface area contributed by atoms with Gasteiger partial charge >= 0.3 is 0 Å². The van der Waals surface area contributed by atoms with Crippen molar-refractivity contribution in [3.63, 3.8) is 0 Å². The number of aromatic nitrogens is 2. The van der Waals surface area contributed by atoms with Crippen molar-refractivity contribution in [1.82, 2.24) is 14.7 Å². The molecule has 0 N–H and O–H groups in total. The quantitative estimate of drug-likeness (QED) is 0.659. The molecule has 1 aromatic carbocycles. The van der Waals surface area contributed by atoms with Crippen molar-refractivity contribution in [2.45, 2.75) is 50.2 Å². The summed E-state index contributed by atoms with van der Waals surface area (Å²) in [7, 11) is 2.32. The maximum absolute atomic E-state index is 4.79. The van der Waals surface area contributed by atoms with Gasteiger partial charge in [0.15, 0.2) is 0 Å². The van der Waals surface area contributed by atoms with Crippen LogP contribution in [0.25, 0.3) is 22.0 Å². The second-order valence-electron chi connectivity index (χ2n) is 7.40. The van der Waals surface area contributed by atoms with E-state index in [9.17, 15) is 0 Å². The molecule has 0 radical (unpaired) electrons. The van der Waals surface area contributed by atoms with Gasteiger partial charge in [-0.1, -0.05) is 12.5 Å². The molecule has 0 amide bonds. The van der Waals surface area contributed by atoms with E-state index in [2.05, 4.69) is 57.9 Å². The van der Waals surface area contributed by atoms with Crippen molar-refractivity contribution in [2.24, 2.45) is 0 Å². The second-order valence-corrected chi connectivity index (χ2v) is 8.18. The molecule has 2 aromatic heterocycles. The minimum atomic E-state index is 0.556. The Balaban J connectivity index is 1.49. The summed E-state index contributed by atoms with van der Waals surface area (Å²) in [6.07, 6.45) is 8.65. The first-order valence-corrected chi connectivity index (χ1v) is 9.95. The Morgan fingerprint density at radius 1 is 1.04 bits per heavy atom. The predicted octanol–water partition coefficient (Wildman–Crippen LogP) is 4.95. The molecule has 2 unspecified atom stereocenters. The molecule has 124 valence electrons. The lowest BCUT2D eigenvalue weighted by Crippen LogP contribution is -2.50. The Bertz CT molecular complexity index is 837. The summed E-state index contributed by atoms with van der Waals surface area (Å²) in [5, 5.41) is 10.4. The molecule has 0 spiro atoms. The van der Waals surface area contributed by atoms with Gasteiger partial charge in [-0.05, 0) is 72.8 Å². The normalized spacial score (nSPS) is 27.6. The van der Waals surface area contributed by atoms with Crippen LogP contribution in [-0.2, 0) is 0 Å². The summed E-state index contributed by atoms with van der Waals surface area (Å²) in [4.78, 5) is 2.63. The number of thiophene rings is 1. The van der Waals surface area contributed by atoms with E-state index in [1.54, 1.807) is 11.3 Å². The van der Waals surface area contributed by atoms with Crippen LogP contribution >= 0.6 is 11.3 Å². The second kappa shape index (κ2) is 5.71. The van der Waals surface area contributed by atoms with E-state index in [0.717, 1.165) is 12.1 Å². The van der Waals surface area contributed by atoms with Gasteiger partial charge in [0, 0.05) is 17.5 Å². The largest absolute Gasteiger partial charge is 0.300 e. The molecule has 0 aliphatic carbocycles. The SMILES string of the molecule is CN1C2CCCC1CC(n1ncc3cc(-c4ccsc4)ccc31)C2. The van der Waals surface area contributed by atoms with E-state index >= 15 is 0 Å². The molecule has 2 bridgehead atoms. The van der Waals surface area contributed by atoms with E-state index in [1.807, 2.05) is 0 Å². The average molecular weight is 337 g/mol. The third kappa shape index (κ3) is 2.32. The molecule has 4 heterocycles. The van der Waals surface area contributed by atoms with Crippen LogP contribution in [0.1, 0.15) is 38.1 Å². The lowest BCUT2D eigenvalue weighted by molar-refractivity contribution is 0.0380. The van der Waals surface area contributed by atoms with E-state index in [1.165, 1.54) is 54.1 Å². The van der Waals surface area contributed by atoms with Crippen LogP contribution in [0.5, 0.6) is 0 Å². The molecule has 2 aliphatic rings. The van der Waals surface area contributed by atoms with Crippen LogP contribution in [0.15, 0.2) is 41.2 Å². The van der Waals surface area contributed by atoms with Crippen molar-refractivity contribution in [1.29, 1.82) is 0 Å². The molecule has 2 fully saturated rings. The van der Waals surface area contributed by atoms with Gasteiger partial charge in [0.1, 0.15) is 0 Å². The highest BCUT2D eigenvalue weighted by molar-refractivity contribution is 7.08. The van der Waals surface area contributed by atoms with Crippen molar-refractivity contribution < 1.29 is 0 Å². The predicted molar refractivity (Wildman–Crippen MR) is 101 cm³/mol. The fourth-order valence-corrected chi connectivity index (χ4v) is 5.40. The summed E-state index contributed by atoms with van der Waals surface area (Å²) in [5.41, 5.74) is 3.90. The van der Waals surface area contributed by atoms with E-state index < -0.39 is 0 Å². The molecule has 0 saturated carbocycles. The average Bonchev–Trinajstić information content (AvgIpc) is 3.24. The standard InChI is InChI=1S/C20H23N3S/c1-22-17-3-2-4-18(22)11-19(10-17)23-20-6-5-14(9-16(20)12-21-23)15-7-8-24-13-15/h5-9,12-13,17-19H,2-4,10-11H2,1H3. The van der Waals surface area contributed by atoms with Gasteiger partial charge in [-0.15, -0.1) is 0 Å². The lowest BCUT2D eigenvalue weighted by Gasteiger charge is -2.47. The zero-order valence-corrected chi connectivity index (χ0v) is 14.9. The van der Waals surface area contributed by atoms with Crippen molar-refractivity contribution in [2.75, 3.05) is 7.05 Å². The molecule has 24 heavy (non-hydrogen) atoms. The summed E-state index contributed by atoms with van der Waals surface area (Å²) < 4.78 is 2.31. The topological polar surface area (TPSA) is 21.1 Å². The van der Waals surface area contributed by atoms with Crippen molar-refractivity contribution >= 4 is 22.2 Å². The Kier molecular flexibility index (Phi) is 3.49. The molecule has 2 atom stereocenters. The monoisotopic (exact) mass is 337 g/mol. The number of nitrogens with zero attached hydrogens (tertiary/aromatic N) is 3. The van der Waals surface area contributed by atoms with E-state index in [4.69, 9.17) is 5.10 Å². The molecule has 5 rings (SSSR count). The van der Waals surface area contributed by atoms with Crippen LogP contribution in [0.3, 0.4) is 0 Å². The first-order chi connectivity index (χ1) is 11.8. The Labute approximate surface area is 146 Å². The summed E-state index contributed by atoms with van der Waals surface area (Å²) in [5.74, 6) is 0. The van der Waals surface area contributed by atoms with Gasteiger partial charge in [0.2, 0.25) is 0 Å². The van der Waals surface area contributed by atoms with Crippen molar-refractivity contribution in [3.8, 4) is 11.1 Å². The number of rotatable bonds is 2. The lowest BCUT2D eigenvalue weighted by atomic mass is 9.82. The van der Waals surface area contributed by atoms with Gasteiger partial charge in [-0.25, -0.2) is 0 Å². The Morgan fingerprint density at radius 2 is 1.88 bits per heavy atom. The first-order valence-electron chi connectivity index (χ1n) is 9.01. The fraction of sp³-hybridized carbons (Fsp3) is 0.450. The summed E-state index contributed by atoms with van der Waals surface area (Å²) in [6, 6.07) is 11.0. The van der Waals surface area contributed by atoms with Crippen LogP contribution < -0.4 is 0 Å². The zero-order valence-electron chi connectivity index (χ0n) is 14.1. The summed E-state index contributed by atoms with van der Waals surface area (Å²) in [6.45, 7) is 0. The highest BCUT2D eigenvalue weighted by atomic mass is 32.1. The minimum absolute atomic E-state index is 0.556. The number of fused-ring (bicyclic) bond motifs is 3. The fourth-order valence-electron chi connectivity index (χ4n) is 4.74. The minimum Gasteiger partial charge on any atom is -0.300 e. The van der Waals surface area contributed by atoms with E-state index in [0.29, 0.717) is 6.04 Å². The maximum Gasteiger partial charge on any atom is 0.0686 e. The Hall–Kier alpha value is -1.65. The molecular formula is C20H23N3S. The third-order valence-electron chi connectivity index (χ3n) is 6.11. The van der Waals surface area contributed by atoms with Gasteiger partial charge in [-0.3, -0.25) is 4.68 Å². The van der Waals surface area contributed by atoms with Crippen molar-refractivity contribution in [3.05, 3.63) is 41.2 Å². The molecular weight excluding hydrogens is 314 g/mol. The molecule has 3 aromatic rings. The molecule has 2 aliphatic heterocycles. The van der Waals surface area contributed by atoms with Crippen LogP contribution in [0.2, 0.25) is 0 Å². The molecule has 3 nitrogen and oxygen atoms in total.